The predicted octanol–water partition coefficient (Wildman–Crippen LogP) is -1.81. The highest BCUT2D eigenvalue weighted by Gasteiger charge is 2.46. The van der Waals surface area contributed by atoms with Crippen LogP contribution in [-0.4, -0.2) is 56.6 Å². The van der Waals surface area contributed by atoms with Gasteiger partial charge in [0.15, 0.2) is 6.23 Å². The standard InChI is InChI=1S/C16H27N7O4/c1-3-4-8(17)15(26)22-10-12(25)9(5-24)27-16(10)23-6-19-11-13(18)20-7(2)21-14(11)23/h6,8-10,12-13,16,20-21,24-25H,2-5,17-18H2,1H3,(H,22,26)/t8?,9-,10+,12?,13?,16-/m1/s1. The molecule has 2 aliphatic rings. The topological polar surface area (TPSA) is 173 Å². The van der Waals surface area contributed by atoms with Crippen molar-refractivity contribution in [3.8, 4) is 0 Å². The molecule has 3 heterocycles. The number of anilines is 1. The summed E-state index contributed by atoms with van der Waals surface area (Å²) >= 11 is 0. The van der Waals surface area contributed by atoms with Gasteiger partial charge in [-0.3, -0.25) is 9.36 Å². The molecule has 1 aromatic rings. The van der Waals surface area contributed by atoms with Crippen LogP contribution in [0.15, 0.2) is 18.7 Å². The smallest absolute Gasteiger partial charge is 0.237 e. The second-order valence-electron chi connectivity index (χ2n) is 6.78. The van der Waals surface area contributed by atoms with Crippen molar-refractivity contribution in [1.82, 2.24) is 20.2 Å². The van der Waals surface area contributed by atoms with E-state index in [0.29, 0.717) is 23.8 Å². The number of amides is 1. The third-order valence-corrected chi connectivity index (χ3v) is 4.79. The number of ether oxygens (including phenoxy) is 1. The molecule has 0 aliphatic carbocycles. The number of rotatable bonds is 6. The van der Waals surface area contributed by atoms with Crippen LogP contribution < -0.4 is 27.4 Å². The molecule has 3 unspecified atom stereocenters. The average molecular weight is 381 g/mol. The fourth-order valence-electron chi connectivity index (χ4n) is 3.36. The monoisotopic (exact) mass is 381 g/mol. The van der Waals surface area contributed by atoms with Gasteiger partial charge < -0.3 is 42.4 Å². The summed E-state index contributed by atoms with van der Waals surface area (Å²) in [5.41, 5.74) is 12.4. The van der Waals surface area contributed by atoms with Gasteiger partial charge in [-0.2, -0.15) is 0 Å². The number of aromatic nitrogens is 2. The molecule has 9 N–H and O–H groups in total. The van der Waals surface area contributed by atoms with Crippen LogP contribution in [0, 0.1) is 0 Å². The third kappa shape index (κ3) is 3.64. The summed E-state index contributed by atoms with van der Waals surface area (Å²) < 4.78 is 7.41. The second-order valence-corrected chi connectivity index (χ2v) is 6.78. The van der Waals surface area contributed by atoms with Crippen molar-refractivity contribution in [3.63, 3.8) is 0 Å². The van der Waals surface area contributed by atoms with E-state index in [-0.39, 0.29) is 0 Å². The first-order chi connectivity index (χ1) is 12.9. The van der Waals surface area contributed by atoms with E-state index in [9.17, 15) is 15.0 Å². The fraction of sp³-hybridized carbons (Fsp3) is 0.625. The molecule has 1 fully saturated rings. The molecular formula is C16H27N7O4. The lowest BCUT2D eigenvalue weighted by Gasteiger charge is -2.29. The van der Waals surface area contributed by atoms with Crippen molar-refractivity contribution < 1.29 is 19.7 Å². The van der Waals surface area contributed by atoms with Crippen LogP contribution in [-0.2, 0) is 9.53 Å². The summed E-state index contributed by atoms with van der Waals surface area (Å²) in [4.78, 5) is 16.7. The molecule has 11 heteroatoms. The molecule has 3 rings (SSSR count). The van der Waals surface area contributed by atoms with Crippen molar-refractivity contribution in [2.24, 2.45) is 11.5 Å². The number of aliphatic hydroxyl groups excluding tert-OH is 2. The van der Waals surface area contributed by atoms with Crippen LogP contribution in [0.25, 0.3) is 0 Å². The van der Waals surface area contributed by atoms with Gasteiger partial charge in [0.25, 0.3) is 0 Å². The van der Waals surface area contributed by atoms with Gasteiger partial charge in [-0.1, -0.05) is 19.9 Å². The Morgan fingerprint density at radius 2 is 2.33 bits per heavy atom. The van der Waals surface area contributed by atoms with Gasteiger partial charge in [0.1, 0.15) is 35.9 Å². The lowest BCUT2D eigenvalue weighted by Crippen LogP contribution is -2.52. The first-order valence-corrected chi connectivity index (χ1v) is 8.92. The zero-order valence-electron chi connectivity index (χ0n) is 15.1. The number of hydrogen-bond acceptors (Lipinski definition) is 9. The zero-order valence-corrected chi connectivity index (χ0v) is 15.1. The van der Waals surface area contributed by atoms with Gasteiger partial charge in [0.05, 0.1) is 24.8 Å². The Bertz CT molecular complexity index is 709. The third-order valence-electron chi connectivity index (χ3n) is 4.79. The Kier molecular flexibility index (Phi) is 5.67. The normalized spacial score (nSPS) is 31.0. The van der Waals surface area contributed by atoms with E-state index in [1.54, 1.807) is 4.57 Å². The molecule has 11 nitrogen and oxygen atoms in total. The maximum Gasteiger partial charge on any atom is 0.237 e. The van der Waals surface area contributed by atoms with Crippen molar-refractivity contribution in [2.75, 3.05) is 11.9 Å². The van der Waals surface area contributed by atoms with E-state index in [1.165, 1.54) is 6.33 Å². The number of nitrogens with zero attached hydrogens (tertiary/aromatic N) is 2. The van der Waals surface area contributed by atoms with E-state index in [2.05, 4.69) is 27.5 Å². The quantitative estimate of drug-likeness (QED) is 0.300. The van der Waals surface area contributed by atoms with Crippen LogP contribution in [0.1, 0.15) is 37.9 Å². The van der Waals surface area contributed by atoms with E-state index in [1.807, 2.05) is 6.92 Å². The largest absolute Gasteiger partial charge is 0.394 e. The van der Waals surface area contributed by atoms with Crippen LogP contribution in [0.5, 0.6) is 0 Å². The maximum atomic E-state index is 12.4. The minimum absolute atomic E-state index is 0.391. The maximum absolute atomic E-state index is 12.4. The summed E-state index contributed by atoms with van der Waals surface area (Å²) in [6, 6.07) is -1.51. The van der Waals surface area contributed by atoms with Crippen molar-refractivity contribution in [2.45, 2.75) is 56.5 Å². The molecule has 150 valence electrons. The van der Waals surface area contributed by atoms with Gasteiger partial charge in [-0.05, 0) is 6.42 Å². The van der Waals surface area contributed by atoms with Crippen LogP contribution in [0.4, 0.5) is 5.82 Å². The second kappa shape index (κ2) is 7.82. The molecule has 0 spiro atoms. The number of hydrogen-bond donors (Lipinski definition) is 7. The fourth-order valence-corrected chi connectivity index (χ4v) is 3.36. The number of carbonyl (C=O) groups is 1. The summed E-state index contributed by atoms with van der Waals surface area (Å²) in [6.45, 7) is 5.34. The number of fused-ring (bicyclic) bond motifs is 1. The SMILES string of the molecule is C=C1Nc2c(ncn2[C@@H]2O[C@H](CO)C(O)[C@@H]2NC(=O)C(N)CCC)C(N)N1. The summed E-state index contributed by atoms with van der Waals surface area (Å²) in [5.74, 6) is 0.636. The number of nitrogens with one attached hydrogen (secondary N) is 3. The lowest BCUT2D eigenvalue weighted by atomic mass is 10.1. The Balaban J connectivity index is 1.88. The molecule has 27 heavy (non-hydrogen) atoms. The molecule has 0 aromatic carbocycles. The van der Waals surface area contributed by atoms with Gasteiger partial charge >= 0.3 is 0 Å². The van der Waals surface area contributed by atoms with Crippen LogP contribution >= 0.6 is 0 Å². The molecular weight excluding hydrogens is 354 g/mol. The summed E-state index contributed by atoms with van der Waals surface area (Å²) in [6.07, 6.45) is -0.564. The molecule has 0 radical (unpaired) electrons. The number of aliphatic hydroxyl groups is 2. The van der Waals surface area contributed by atoms with Crippen molar-refractivity contribution >= 4 is 11.7 Å². The molecule has 1 saturated heterocycles. The zero-order chi connectivity index (χ0) is 19.7. The summed E-state index contributed by atoms with van der Waals surface area (Å²) in [7, 11) is 0. The Morgan fingerprint density at radius 1 is 1.59 bits per heavy atom. The van der Waals surface area contributed by atoms with Crippen LogP contribution in [0.2, 0.25) is 0 Å². The van der Waals surface area contributed by atoms with Gasteiger partial charge in [0.2, 0.25) is 5.91 Å². The van der Waals surface area contributed by atoms with Gasteiger partial charge in [-0.15, -0.1) is 0 Å². The highest BCUT2D eigenvalue weighted by molar-refractivity contribution is 5.81. The molecule has 1 amide bonds. The highest BCUT2D eigenvalue weighted by atomic mass is 16.5. The van der Waals surface area contributed by atoms with E-state index < -0.39 is 49.2 Å². The van der Waals surface area contributed by atoms with E-state index >= 15 is 0 Å². The lowest BCUT2D eigenvalue weighted by molar-refractivity contribution is -0.124. The minimum Gasteiger partial charge on any atom is -0.394 e. The van der Waals surface area contributed by atoms with Crippen LogP contribution in [0.3, 0.4) is 0 Å². The van der Waals surface area contributed by atoms with Gasteiger partial charge in [-0.25, -0.2) is 4.98 Å². The van der Waals surface area contributed by atoms with E-state index in [4.69, 9.17) is 16.2 Å². The Morgan fingerprint density at radius 3 is 3.00 bits per heavy atom. The molecule has 1 aromatic heterocycles. The average Bonchev–Trinajstić information content (AvgIpc) is 3.17. The predicted molar refractivity (Wildman–Crippen MR) is 96.9 cm³/mol. The summed E-state index contributed by atoms with van der Waals surface area (Å²) in [5, 5.41) is 28.8. The van der Waals surface area contributed by atoms with Crippen molar-refractivity contribution in [1.29, 1.82) is 0 Å². The highest BCUT2D eigenvalue weighted by Crippen LogP contribution is 2.35. The molecule has 6 atom stereocenters. The van der Waals surface area contributed by atoms with Crippen molar-refractivity contribution in [3.05, 3.63) is 24.4 Å². The molecule has 0 saturated carbocycles. The number of nitrogens with two attached hydrogens (primary N) is 2. The van der Waals surface area contributed by atoms with Gasteiger partial charge in [0, 0.05) is 0 Å². The minimum atomic E-state index is -1.12. The first-order valence-electron chi connectivity index (χ1n) is 8.92. The number of imidazole rings is 1. The Labute approximate surface area is 156 Å². The number of carbonyl (C=O) groups excluding carboxylic acids is 1. The molecule has 0 bridgehead atoms. The Hall–Kier alpha value is -2.18. The molecule has 2 aliphatic heterocycles. The first kappa shape index (κ1) is 19.6. The van der Waals surface area contributed by atoms with E-state index in [0.717, 1.165) is 6.42 Å².